The van der Waals surface area contributed by atoms with Crippen LogP contribution < -0.4 is 5.32 Å². The van der Waals surface area contributed by atoms with Crippen LogP contribution in [0.3, 0.4) is 0 Å². The SMILES string of the molecule is [B]CC(C)NCC(Cl)(Cl)CC. The molecular weight excluding hydrogens is 180 g/mol. The fraction of sp³-hybridized carbons (Fsp3) is 1.00. The molecule has 1 atom stereocenters. The van der Waals surface area contributed by atoms with Crippen LogP contribution in [-0.2, 0) is 0 Å². The van der Waals surface area contributed by atoms with Crippen LogP contribution in [0.2, 0.25) is 6.32 Å². The average Bonchev–Trinajstić information content (AvgIpc) is 2.00. The summed E-state index contributed by atoms with van der Waals surface area (Å²) in [6.45, 7) is 4.54. The number of hydrogen-bond acceptors (Lipinski definition) is 1. The molecule has 1 unspecified atom stereocenters. The van der Waals surface area contributed by atoms with E-state index < -0.39 is 4.33 Å². The van der Waals surface area contributed by atoms with Gasteiger partial charge in [0.05, 0.1) is 7.85 Å². The van der Waals surface area contributed by atoms with Crippen LogP contribution in [0.1, 0.15) is 20.3 Å². The summed E-state index contributed by atoms with van der Waals surface area (Å²) < 4.78 is -0.649. The highest BCUT2D eigenvalue weighted by Crippen LogP contribution is 2.23. The highest BCUT2D eigenvalue weighted by molar-refractivity contribution is 6.48. The van der Waals surface area contributed by atoms with Gasteiger partial charge in [-0.05, 0) is 12.5 Å². The lowest BCUT2D eigenvalue weighted by Crippen LogP contribution is -2.35. The zero-order chi connectivity index (χ0) is 8.91. The van der Waals surface area contributed by atoms with Gasteiger partial charge in [-0.1, -0.05) is 20.2 Å². The van der Waals surface area contributed by atoms with Crippen LogP contribution in [0.25, 0.3) is 0 Å². The van der Waals surface area contributed by atoms with E-state index in [9.17, 15) is 0 Å². The molecule has 0 aromatic heterocycles. The Labute approximate surface area is 80.2 Å². The highest BCUT2D eigenvalue weighted by atomic mass is 35.5. The zero-order valence-electron chi connectivity index (χ0n) is 7.03. The van der Waals surface area contributed by atoms with Crippen LogP contribution in [0, 0.1) is 0 Å². The zero-order valence-corrected chi connectivity index (χ0v) is 8.54. The molecule has 0 aliphatic rings. The first-order valence-corrected chi connectivity index (χ1v) is 4.58. The van der Waals surface area contributed by atoms with Gasteiger partial charge < -0.3 is 5.32 Å². The maximum Gasteiger partial charge on any atom is 0.130 e. The van der Waals surface area contributed by atoms with Crippen LogP contribution in [0.5, 0.6) is 0 Å². The van der Waals surface area contributed by atoms with Gasteiger partial charge >= 0.3 is 0 Å². The summed E-state index contributed by atoms with van der Waals surface area (Å²) in [6, 6.07) is 0.276. The molecule has 2 radical (unpaired) electrons. The Hall–Kier alpha value is 0.605. The van der Waals surface area contributed by atoms with Crippen molar-refractivity contribution < 1.29 is 0 Å². The quantitative estimate of drug-likeness (QED) is 0.522. The molecule has 0 saturated heterocycles. The largest absolute Gasteiger partial charge is 0.312 e. The van der Waals surface area contributed by atoms with Crippen molar-refractivity contribution in [1.29, 1.82) is 0 Å². The maximum absolute atomic E-state index is 5.88. The van der Waals surface area contributed by atoms with Gasteiger partial charge in [-0.3, -0.25) is 0 Å². The molecule has 11 heavy (non-hydrogen) atoms. The van der Waals surface area contributed by atoms with Gasteiger partial charge in [0, 0.05) is 6.54 Å². The smallest absolute Gasteiger partial charge is 0.130 e. The van der Waals surface area contributed by atoms with E-state index in [4.69, 9.17) is 31.0 Å². The van der Waals surface area contributed by atoms with E-state index >= 15 is 0 Å². The summed E-state index contributed by atoms with van der Waals surface area (Å²) in [7, 11) is 5.39. The molecule has 1 N–H and O–H groups in total. The lowest BCUT2D eigenvalue weighted by Gasteiger charge is -2.20. The summed E-state index contributed by atoms with van der Waals surface area (Å²) >= 11 is 11.8. The van der Waals surface area contributed by atoms with Gasteiger partial charge in [-0.2, -0.15) is 0 Å². The van der Waals surface area contributed by atoms with Crippen LogP contribution in [0.4, 0.5) is 0 Å². The third kappa shape index (κ3) is 5.83. The average molecular weight is 194 g/mol. The van der Waals surface area contributed by atoms with E-state index in [1.54, 1.807) is 0 Å². The molecule has 0 heterocycles. The van der Waals surface area contributed by atoms with Gasteiger partial charge in [0.1, 0.15) is 4.33 Å². The Bertz CT molecular complexity index is 109. The molecule has 0 saturated carbocycles. The highest BCUT2D eigenvalue weighted by Gasteiger charge is 2.20. The molecular formula is C7H14BCl2N. The van der Waals surface area contributed by atoms with Crippen molar-refractivity contribution in [2.75, 3.05) is 6.54 Å². The topological polar surface area (TPSA) is 12.0 Å². The fourth-order valence-electron chi connectivity index (χ4n) is 0.532. The Balaban J connectivity index is 3.52. The number of nitrogens with one attached hydrogen (secondary N) is 1. The first kappa shape index (κ1) is 11.6. The van der Waals surface area contributed by atoms with Crippen molar-refractivity contribution in [3.63, 3.8) is 0 Å². The number of halogens is 2. The summed E-state index contributed by atoms with van der Waals surface area (Å²) in [6.07, 6.45) is 1.34. The van der Waals surface area contributed by atoms with Crippen LogP contribution >= 0.6 is 23.2 Å². The third-order valence-electron chi connectivity index (χ3n) is 1.58. The van der Waals surface area contributed by atoms with E-state index in [-0.39, 0.29) is 6.04 Å². The molecule has 0 aliphatic carbocycles. The molecule has 0 spiro atoms. The summed E-state index contributed by atoms with van der Waals surface area (Å²) in [5.74, 6) is 0. The second-order valence-corrected chi connectivity index (χ2v) is 4.37. The number of rotatable bonds is 5. The van der Waals surface area contributed by atoms with Gasteiger partial charge in [-0.15, -0.1) is 23.2 Å². The number of hydrogen-bond donors (Lipinski definition) is 1. The molecule has 0 amide bonds. The molecule has 4 heteroatoms. The molecule has 0 rings (SSSR count). The molecule has 0 aromatic carbocycles. The minimum Gasteiger partial charge on any atom is -0.312 e. The Morgan fingerprint density at radius 1 is 1.55 bits per heavy atom. The van der Waals surface area contributed by atoms with Gasteiger partial charge in [0.25, 0.3) is 0 Å². The van der Waals surface area contributed by atoms with Gasteiger partial charge in [0.15, 0.2) is 0 Å². The Morgan fingerprint density at radius 3 is 2.45 bits per heavy atom. The summed E-state index contributed by atoms with van der Waals surface area (Å²) in [5, 5.41) is 3.13. The fourth-order valence-corrected chi connectivity index (χ4v) is 0.686. The normalized spacial score (nSPS) is 14.9. The van der Waals surface area contributed by atoms with Crippen molar-refractivity contribution in [2.45, 2.75) is 37.0 Å². The second kappa shape index (κ2) is 5.29. The molecule has 1 nitrogen and oxygen atoms in total. The van der Waals surface area contributed by atoms with Gasteiger partial charge in [0.2, 0.25) is 0 Å². The van der Waals surface area contributed by atoms with E-state index in [1.807, 2.05) is 13.8 Å². The minimum absolute atomic E-state index is 0.276. The van der Waals surface area contributed by atoms with Crippen molar-refractivity contribution >= 4 is 31.0 Å². The van der Waals surface area contributed by atoms with E-state index in [0.717, 1.165) is 6.42 Å². The summed E-state index contributed by atoms with van der Waals surface area (Å²) in [4.78, 5) is 0. The molecule has 0 bridgehead atoms. The third-order valence-corrected chi connectivity index (χ3v) is 2.38. The summed E-state index contributed by atoms with van der Waals surface area (Å²) in [5.41, 5.74) is 0. The molecule has 0 fully saturated rings. The predicted molar refractivity (Wildman–Crippen MR) is 52.8 cm³/mol. The standard InChI is InChI=1S/C7H14BCl2N/c1-3-7(9,10)5-11-6(2)4-8/h6,11H,3-5H2,1-2H3. The Morgan fingerprint density at radius 2 is 2.09 bits per heavy atom. The van der Waals surface area contributed by atoms with E-state index in [0.29, 0.717) is 12.9 Å². The molecule has 0 aromatic rings. The monoisotopic (exact) mass is 193 g/mol. The lowest BCUT2D eigenvalue weighted by molar-refractivity contribution is 0.548. The number of alkyl halides is 2. The first-order valence-electron chi connectivity index (χ1n) is 3.83. The van der Waals surface area contributed by atoms with Gasteiger partial charge in [-0.25, -0.2) is 0 Å². The van der Waals surface area contributed by atoms with Crippen molar-refractivity contribution in [3.05, 3.63) is 0 Å². The molecule has 64 valence electrons. The lowest BCUT2D eigenvalue weighted by atomic mass is 9.99. The predicted octanol–water partition coefficient (Wildman–Crippen LogP) is 2.14. The van der Waals surface area contributed by atoms with Crippen molar-refractivity contribution in [1.82, 2.24) is 5.32 Å². The molecule has 0 aliphatic heterocycles. The second-order valence-electron chi connectivity index (χ2n) is 2.73. The van der Waals surface area contributed by atoms with E-state index in [1.165, 1.54) is 0 Å². The first-order chi connectivity index (χ1) is 5.02. The maximum atomic E-state index is 5.88. The Kier molecular flexibility index (Phi) is 5.58. The minimum atomic E-state index is -0.649. The van der Waals surface area contributed by atoms with Crippen LogP contribution in [0.15, 0.2) is 0 Å². The van der Waals surface area contributed by atoms with E-state index in [2.05, 4.69) is 5.32 Å². The van der Waals surface area contributed by atoms with Crippen molar-refractivity contribution in [2.24, 2.45) is 0 Å². The van der Waals surface area contributed by atoms with Crippen LogP contribution in [-0.4, -0.2) is 24.8 Å². The van der Waals surface area contributed by atoms with Crippen molar-refractivity contribution in [3.8, 4) is 0 Å².